The summed E-state index contributed by atoms with van der Waals surface area (Å²) in [5.41, 5.74) is 0. The summed E-state index contributed by atoms with van der Waals surface area (Å²) in [6.07, 6.45) is 0.838. The molecule has 0 aliphatic rings. The van der Waals surface area contributed by atoms with Crippen molar-refractivity contribution in [2.45, 2.75) is 72.0 Å². The number of aldehydes is 1. The number of carbonyl (C=O) groups is 1. The molecule has 0 saturated carbocycles. The van der Waals surface area contributed by atoms with E-state index in [0.29, 0.717) is 0 Å². The molecular formula is C13H37NO5Si5. The highest BCUT2D eigenvalue weighted by Gasteiger charge is 2.47. The van der Waals surface area contributed by atoms with Crippen molar-refractivity contribution in [1.82, 2.24) is 4.98 Å². The summed E-state index contributed by atoms with van der Waals surface area (Å²) in [6, 6.07) is 0. The lowest BCUT2D eigenvalue weighted by Crippen LogP contribution is -2.65. The third-order valence-electron chi connectivity index (χ3n) is 2.49. The fourth-order valence-corrected chi connectivity index (χ4v) is 24.5. The number of nitrogens with one attached hydrogen (secondary N) is 1. The van der Waals surface area contributed by atoms with Gasteiger partial charge in [-0.15, -0.1) is 0 Å². The van der Waals surface area contributed by atoms with E-state index in [2.05, 4.69) is 57.4 Å². The first-order chi connectivity index (χ1) is 10.4. The van der Waals surface area contributed by atoms with Gasteiger partial charge in [-0.1, -0.05) is 0 Å². The quantitative estimate of drug-likeness (QED) is 0.402. The van der Waals surface area contributed by atoms with Gasteiger partial charge in [-0.2, -0.15) is 0 Å². The van der Waals surface area contributed by atoms with Gasteiger partial charge in [0.05, 0.1) is 0 Å². The Morgan fingerprint density at radius 2 is 1.08 bits per heavy atom. The Morgan fingerprint density at radius 3 is 1.46 bits per heavy atom. The van der Waals surface area contributed by atoms with Gasteiger partial charge in [-0.25, -0.2) is 0 Å². The van der Waals surface area contributed by atoms with Crippen molar-refractivity contribution in [3.8, 4) is 0 Å². The zero-order valence-electron chi connectivity index (χ0n) is 17.3. The van der Waals surface area contributed by atoms with Crippen LogP contribution in [0.25, 0.3) is 0 Å². The van der Waals surface area contributed by atoms with Crippen LogP contribution in [0.3, 0.4) is 0 Å². The van der Waals surface area contributed by atoms with Crippen molar-refractivity contribution in [2.24, 2.45) is 0 Å². The fraction of sp³-hybridized carbons (Fsp3) is 0.923. The van der Waals surface area contributed by atoms with Crippen molar-refractivity contribution < 1.29 is 21.3 Å². The van der Waals surface area contributed by atoms with E-state index in [-0.39, 0.29) is 6.54 Å². The highest BCUT2D eigenvalue weighted by Crippen LogP contribution is 2.24. The van der Waals surface area contributed by atoms with Crippen molar-refractivity contribution >= 4 is 48.8 Å². The van der Waals surface area contributed by atoms with Crippen LogP contribution >= 0.6 is 0 Å². The van der Waals surface area contributed by atoms with Crippen molar-refractivity contribution in [2.75, 3.05) is 6.54 Å². The number of carbonyl (C=O) groups excluding carboxylic acids is 1. The Hall–Kier alpha value is 0.554. The second kappa shape index (κ2) is 8.50. The van der Waals surface area contributed by atoms with Crippen molar-refractivity contribution in [3.05, 3.63) is 0 Å². The van der Waals surface area contributed by atoms with Crippen LogP contribution in [0.4, 0.5) is 0 Å². The summed E-state index contributed by atoms with van der Waals surface area (Å²) in [5, 5.41) is 0. The second-order valence-electron chi connectivity index (χ2n) is 8.93. The molecule has 144 valence electrons. The number of hydrogen-bond acceptors (Lipinski definition) is 6. The molecule has 24 heavy (non-hydrogen) atoms. The molecule has 0 amide bonds. The first-order valence-electron chi connectivity index (χ1n) is 8.38. The van der Waals surface area contributed by atoms with Crippen LogP contribution in [0.15, 0.2) is 0 Å². The maximum atomic E-state index is 10.8. The summed E-state index contributed by atoms with van der Waals surface area (Å²) < 4.78 is 25.4. The maximum absolute atomic E-state index is 10.8. The lowest BCUT2D eigenvalue weighted by atomic mass is 10.8. The summed E-state index contributed by atoms with van der Waals surface area (Å²) in [7, 11) is -11.0. The molecular weight excluding hydrogens is 391 g/mol. The fourth-order valence-electron chi connectivity index (χ4n) is 2.74. The van der Waals surface area contributed by atoms with Crippen LogP contribution in [-0.4, -0.2) is 55.3 Å². The average Bonchev–Trinajstić information content (AvgIpc) is 2.16. The molecule has 0 heterocycles. The van der Waals surface area contributed by atoms with Gasteiger partial charge in [0.1, 0.15) is 6.29 Å². The highest BCUT2D eigenvalue weighted by atomic mass is 28.5. The Balaban J connectivity index is 5.18. The molecule has 0 aromatic heterocycles. The smallest absolute Gasteiger partial charge is 0.402 e. The van der Waals surface area contributed by atoms with Crippen molar-refractivity contribution in [3.63, 3.8) is 0 Å². The maximum Gasteiger partial charge on any atom is 0.402 e. The van der Waals surface area contributed by atoms with Crippen LogP contribution in [0, 0.1) is 0 Å². The zero-order chi connectivity index (χ0) is 19.4. The van der Waals surface area contributed by atoms with Crippen LogP contribution in [-0.2, 0) is 21.3 Å². The SMILES string of the molecule is C[Si](C)(C)O[Si](C)(C)O[Si](C)(C)O[Si](C)(NCC=O)O[Si](C)(C)C. The van der Waals surface area contributed by atoms with Crippen molar-refractivity contribution in [1.29, 1.82) is 0 Å². The Labute approximate surface area is 153 Å². The third-order valence-corrected chi connectivity index (χ3v) is 19.2. The highest BCUT2D eigenvalue weighted by molar-refractivity contribution is 6.90. The second-order valence-corrected chi connectivity index (χ2v) is 28.5. The molecule has 0 saturated heterocycles. The molecule has 0 aromatic carbocycles. The summed E-state index contributed by atoms with van der Waals surface area (Å²) in [4.78, 5) is 14.0. The minimum absolute atomic E-state index is 0.226. The molecule has 6 nitrogen and oxygen atoms in total. The summed E-state index contributed by atoms with van der Waals surface area (Å²) in [6.45, 7) is 23.2. The van der Waals surface area contributed by atoms with E-state index in [1.54, 1.807) is 0 Å². The van der Waals surface area contributed by atoms with Gasteiger partial charge in [0.2, 0.25) is 0 Å². The van der Waals surface area contributed by atoms with E-state index in [4.69, 9.17) is 16.5 Å². The third kappa shape index (κ3) is 12.0. The number of hydrogen-bond donors (Lipinski definition) is 1. The lowest BCUT2D eigenvalue weighted by molar-refractivity contribution is -0.107. The molecule has 0 aliphatic heterocycles. The molecule has 0 spiro atoms. The zero-order valence-corrected chi connectivity index (χ0v) is 22.3. The normalized spacial score (nSPS) is 16.8. The molecule has 0 bridgehead atoms. The number of rotatable bonds is 11. The predicted molar refractivity (Wildman–Crippen MR) is 112 cm³/mol. The summed E-state index contributed by atoms with van der Waals surface area (Å²) in [5.74, 6) is 0. The lowest BCUT2D eigenvalue weighted by Gasteiger charge is -2.42. The van der Waals surface area contributed by atoms with Gasteiger partial charge in [0.15, 0.2) is 16.6 Å². The van der Waals surface area contributed by atoms with E-state index < -0.39 is 42.5 Å². The van der Waals surface area contributed by atoms with Gasteiger partial charge in [0.25, 0.3) is 0 Å². The van der Waals surface area contributed by atoms with Gasteiger partial charge in [-0.05, 0) is 72.0 Å². The molecule has 1 N–H and O–H groups in total. The van der Waals surface area contributed by atoms with E-state index in [0.717, 1.165) is 6.29 Å². The van der Waals surface area contributed by atoms with Crippen LogP contribution in [0.1, 0.15) is 0 Å². The van der Waals surface area contributed by atoms with Gasteiger partial charge in [-0.3, -0.25) is 4.98 Å². The molecule has 1 atom stereocenters. The minimum atomic E-state index is -2.70. The first-order valence-corrected chi connectivity index (χ1v) is 23.1. The summed E-state index contributed by atoms with van der Waals surface area (Å²) >= 11 is 0. The molecule has 0 aromatic rings. The minimum Gasteiger partial charge on any atom is -0.437 e. The molecule has 0 rings (SSSR count). The van der Waals surface area contributed by atoms with Gasteiger partial charge >= 0.3 is 25.8 Å². The topological polar surface area (TPSA) is 66.0 Å². The van der Waals surface area contributed by atoms with Gasteiger partial charge in [0, 0.05) is 6.54 Å². The predicted octanol–water partition coefficient (Wildman–Crippen LogP) is 3.48. The van der Waals surface area contributed by atoms with Gasteiger partial charge < -0.3 is 21.3 Å². The molecule has 1 unspecified atom stereocenters. The molecule has 0 aliphatic carbocycles. The van der Waals surface area contributed by atoms with E-state index in [9.17, 15) is 4.79 Å². The van der Waals surface area contributed by atoms with Crippen LogP contribution < -0.4 is 4.98 Å². The molecule has 0 radical (unpaired) electrons. The van der Waals surface area contributed by atoms with E-state index in [1.807, 2.05) is 19.6 Å². The molecule has 11 heteroatoms. The Kier molecular flexibility index (Phi) is 8.69. The Bertz CT molecular complexity index is 422. The first kappa shape index (κ1) is 24.6. The Morgan fingerprint density at radius 1 is 0.667 bits per heavy atom. The molecule has 0 fully saturated rings. The van der Waals surface area contributed by atoms with Crippen LogP contribution in [0.5, 0.6) is 0 Å². The monoisotopic (exact) mass is 427 g/mol. The largest absolute Gasteiger partial charge is 0.437 e. The van der Waals surface area contributed by atoms with Crippen LogP contribution in [0.2, 0.25) is 72.0 Å². The van der Waals surface area contributed by atoms with E-state index >= 15 is 0 Å². The average molecular weight is 428 g/mol. The van der Waals surface area contributed by atoms with E-state index in [1.165, 1.54) is 0 Å². The standard InChI is InChI=1S/C13H37NO5Si5/c1-20(2,3)16-22(7,8)18-23(9,10)19-24(11,14-12-13-15)17-21(4,5)6/h13-14H,12H2,1-11H3.